The predicted molar refractivity (Wildman–Crippen MR) is 75.8 cm³/mol. The van der Waals surface area contributed by atoms with Gasteiger partial charge in [0.15, 0.2) is 11.6 Å². The molecule has 5 nitrogen and oxygen atoms in total. The maximum atomic E-state index is 6.15. The van der Waals surface area contributed by atoms with Crippen molar-refractivity contribution in [3.63, 3.8) is 0 Å². The van der Waals surface area contributed by atoms with Crippen LogP contribution in [0, 0.1) is 5.92 Å². The summed E-state index contributed by atoms with van der Waals surface area (Å²) in [6.45, 7) is 7.42. The first-order valence-corrected chi connectivity index (χ1v) is 6.77. The van der Waals surface area contributed by atoms with Crippen LogP contribution < -0.4 is 16.0 Å². The number of nitrogen functional groups attached to an aromatic ring is 1. The molecule has 2 heterocycles. The van der Waals surface area contributed by atoms with Crippen molar-refractivity contribution in [3.8, 4) is 0 Å². The van der Waals surface area contributed by atoms with Crippen LogP contribution in [0.3, 0.4) is 0 Å². The van der Waals surface area contributed by atoms with Gasteiger partial charge in [0.25, 0.3) is 0 Å². The highest BCUT2D eigenvalue weighted by Crippen LogP contribution is 2.28. The molecule has 0 atom stereocenters. The number of nitrogens with one attached hydrogen (secondary N) is 1. The van der Waals surface area contributed by atoms with Crippen molar-refractivity contribution < 1.29 is 0 Å². The molecule has 3 N–H and O–H groups in total. The van der Waals surface area contributed by atoms with Gasteiger partial charge in [-0.3, -0.25) is 0 Å². The van der Waals surface area contributed by atoms with Crippen molar-refractivity contribution in [2.45, 2.75) is 33.1 Å². The summed E-state index contributed by atoms with van der Waals surface area (Å²) < 4.78 is 0. The average molecular weight is 249 g/mol. The fraction of sp³-hybridized carbons (Fsp3) is 0.692. The SMILES string of the molecule is CC(C)CCNc1ncnc(N2CCCC2)c1N. The Kier molecular flexibility index (Phi) is 4.23. The van der Waals surface area contributed by atoms with Gasteiger partial charge in [0.05, 0.1) is 0 Å². The van der Waals surface area contributed by atoms with Crippen molar-refractivity contribution in [1.82, 2.24) is 9.97 Å². The van der Waals surface area contributed by atoms with E-state index in [2.05, 4.69) is 34.0 Å². The number of nitrogens with zero attached hydrogens (tertiary/aromatic N) is 3. The quantitative estimate of drug-likeness (QED) is 0.836. The van der Waals surface area contributed by atoms with Gasteiger partial charge >= 0.3 is 0 Å². The number of rotatable bonds is 5. The average Bonchev–Trinajstić information content (AvgIpc) is 2.84. The minimum absolute atomic E-state index is 0.679. The molecule has 0 bridgehead atoms. The van der Waals surface area contributed by atoms with Gasteiger partial charge in [0.2, 0.25) is 0 Å². The van der Waals surface area contributed by atoms with E-state index in [1.165, 1.54) is 12.8 Å². The summed E-state index contributed by atoms with van der Waals surface area (Å²) in [7, 11) is 0. The first-order valence-electron chi connectivity index (χ1n) is 6.77. The van der Waals surface area contributed by atoms with E-state index in [9.17, 15) is 0 Å². The molecular weight excluding hydrogens is 226 g/mol. The van der Waals surface area contributed by atoms with Crippen LogP contribution in [0.25, 0.3) is 0 Å². The smallest absolute Gasteiger partial charge is 0.157 e. The molecule has 18 heavy (non-hydrogen) atoms. The molecule has 1 aliphatic heterocycles. The summed E-state index contributed by atoms with van der Waals surface area (Å²) in [5.74, 6) is 2.33. The van der Waals surface area contributed by atoms with Crippen molar-refractivity contribution in [3.05, 3.63) is 6.33 Å². The molecule has 0 aliphatic carbocycles. The fourth-order valence-electron chi connectivity index (χ4n) is 2.19. The highest BCUT2D eigenvalue weighted by Gasteiger charge is 2.18. The Hall–Kier alpha value is -1.52. The lowest BCUT2D eigenvalue weighted by Gasteiger charge is -2.19. The zero-order valence-corrected chi connectivity index (χ0v) is 11.3. The van der Waals surface area contributed by atoms with Crippen LogP contribution in [-0.2, 0) is 0 Å². The van der Waals surface area contributed by atoms with E-state index >= 15 is 0 Å². The second-order valence-electron chi connectivity index (χ2n) is 5.26. The Morgan fingerprint density at radius 2 is 2.06 bits per heavy atom. The second kappa shape index (κ2) is 5.89. The Morgan fingerprint density at radius 3 is 2.72 bits per heavy atom. The largest absolute Gasteiger partial charge is 0.393 e. The van der Waals surface area contributed by atoms with E-state index in [4.69, 9.17) is 5.73 Å². The molecule has 1 aromatic rings. The third kappa shape index (κ3) is 3.03. The van der Waals surface area contributed by atoms with Gasteiger partial charge < -0.3 is 16.0 Å². The minimum Gasteiger partial charge on any atom is -0.393 e. The van der Waals surface area contributed by atoms with Crippen LogP contribution in [0.1, 0.15) is 33.1 Å². The maximum Gasteiger partial charge on any atom is 0.157 e. The molecule has 100 valence electrons. The van der Waals surface area contributed by atoms with Crippen LogP contribution in [0.4, 0.5) is 17.3 Å². The van der Waals surface area contributed by atoms with E-state index in [1.54, 1.807) is 6.33 Å². The highest BCUT2D eigenvalue weighted by atomic mass is 15.2. The van der Waals surface area contributed by atoms with Gasteiger partial charge in [-0.1, -0.05) is 13.8 Å². The number of hydrogen-bond acceptors (Lipinski definition) is 5. The summed E-state index contributed by atoms with van der Waals surface area (Å²) in [5, 5.41) is 3.31. The second-order valence-corrected chi connectivity index (χ2v) is 5.26. The zero-order valence-electron chi connectivity index (χ0n) is 11.3. The zero-order chi connectivity index (χ0) is 13.0. The van der Waals surface area contributed by atoms with Crippen LogP contribution in [0.2, 0.25) is 0 Å². The van der Waals surface area contributed by atoms with Crippen LogP contribution in [0.15, 0.2) is 6.33 Å². The van der Waals surface area contributed by atoms with Crippen molar-refractivity contribution in [2.75, 3.05) is 35.6 Å². The van der Waals surface area contributed by atoms with Crippen LogP contribution in [-0.4, -0.2) is 29.6 Å². The number of anilines is 3. The third-order valence-electron chi connectivity index (χ3n) is 3.28. The number of aromatic nitrogens is 2. The van der Waals surface area contributed by atoms with Gasteiger partial charge in [0.1, 0.15) is 12.0 Å². The summed E-state index contributed by atoms with van der Waals surface area (Å²) in [6, 6.07) is 0. The topological polar surface area (TPSA) is 67.1 Å². The third-order valence-corrected chi connectivity index (χ3v) is 3.28. The Balaban J connectivity index is 2.04. The van der Waals surface area contributed by atoms with E-state index in [1.807, 2.05) is 0 Å². The monoisotopic (exact) mass is 249 g/mol. The van der Waals surface area contributed by atoms with Gasteiger partial charge in [0, 0.05) is 19.6 Å². The van der Waals surface area contributed by atoms with Gasteiger partial charge in [-0.2, -0.15) is 0 Å². The normalized spacial score (nSPS) is 15.4. The standard InChI is InChI=1S/C13H23N5/c1-10(2)5-6-15-12-11(14)13(17-9-16-12)18-7-3-4-8-18/h9-10H,3-8,14H2,1-2H3,(H,15,16,17). The Morgan fingerprint density at radius 1 is 1.33 bits per heavy atom. The molecule has 2 rings (SSSR count). The molecule has 0 unspecified atom stereocenters. The predicted octanol–water partition coefficient (Wildman–Crippen LogP) is 2.12. The summed E-state index contributed by atoms with van der Waals surface area (Å²) in [6.07, 6.45) is 5.16. The summed E-state index contributed by atoms with van der Waals surface area (Å²) in [5.41, 5.74) is 6.83. The van der Waals surface area contributed by atoms with E-state index in [0.717, 1.165) is 37.7 Å². The Labute approximate surface area is 109 Å². The van der Waals surface area contributed by atoms with E-state index in [-0.39, 0.29) is 0 Å². The molecule has 0 spiro atoms. The van der Waals surface area contributed by atoms with Gasteiger partial charge in [-0.25, -0.2) is 9.97 Å². The fourth-order valence-corrected chi connectivity index (χ4v) is 2.19. The number of nitrogens with two attached hydrogens (primary N) is 1. The first-order chi connectivity index (χ1) is 8.68. The molecule has 0 amide bonds. The van der Waals surface area contributed by atoms with E-state index < -0.39 is 0 Å². The molecular formula is C13H23N5. The lowest BCUT2D eigenvalue weighted by atomic mass is 10.1. The minimum atomic E-state index is 0.679. The number of hydrogen-bond donors (Lipinski definition) is 2. The van der Waals surface area contributed by atoms with Gasteiger partial charge in [-0.05, 0) is 25.2 Å². The molecule has 0 aromatic carbocycles. The molecule has 1 fully saturated rings. The van der Waals surface area contributed by atoms with Crippen molar-refractivity contribution in [1.29, 1.82) is 0 Å². The Bertz CT molecular complexity index is 385. The highest BCUT2D eigenvalue weighted by molar-refractivity contribution is 5.75. The molecule has 1 aliphatic rings. The van der Waals surface area contributed by atoms with Crippen LogP contribution in [0.5, 0.6) is 0 Å². The van der Waals surface area contributed by atoms with E-state index in [0.29, 0.717) is 11.6 Å². The summed E-state index contributed by atoms with van der Waals surface area (Å²) in [4.78, 5) is 10.8. The molecule has 1 aromatic heterocycles. The summed E-state index contributed by atoms with van der Waals surface area (Å²) >= 11 is 0. The lowest BCUT2D eigenvalue weighted by Crippen LogP contribution is -2.21. The van der Waals surface area contributed by atoms with Gasteiger partial charge in [-0.15, -0.1) is 0 Å². The lowest BCUT2D eigenvalue weighted by molar-refractivity contribution is 0.606. The molecule has 5 heteroatoms. The maximum absolute atomic E-state index is 6.15. The molecule has 0 radical (unpaired) electrons. The van der Waals surface area contributed by atoms with Crippen LogP contribution >= 0.6 is 0 Å². The first kappa shape index (κ1) is 12.9. The molecule has 1 saturated heterocycles. The van der Waals surface area contributed by atoms with Crippen molar-refractivity contribution in [2.24, 2.45) is 5.92 Å². The molecule has 0 saturated carbocycles. The van der Waals surface area contributed by atoms with Crippen molar-refractivity contribution >= 4 is 17.3 Å².